The van der Waals surface area contributed by atoms with Crippen LogP contribution < -0.4 is 10.6 Å². The molecule has 0 spiro atoms. The van der Waals surface area contributed by atoms with Gasteiger partial charge in [-0.3, -0.25) is 0 Å². The number of nitrogens with zero attached hydrogens (tertiary/aromatic N) is 2. The van der Waals surface area contributed by atoms with E-state index in [1.807, 2.05) is 12.5 Å². The van der Waals surface area contributed by atoms with Crippen molar-refractivity contribution in [2.24, 2.45) is 17.8 Å². The van der Waals surface area contributed by atoms with E-state index < -0.39 is 0 Å². The first-order valence-corrected chi connectivity index (χ1v) is 9.15. The van der Waals surface area contributed by atoms with E-state index >= 15 is 0 Å². The lowest BCUT2D eigenvalue weighted by Gasteiger charge is -2.56. The minimum absolute atomic E-state index is 0.0364. The van der Waals surface area contributed by atoms with Crippen molar-refractivity contribution in [3.63, 3.8) is 0 Å². The van der Waals surface area contributed by atoms with Crippen LogP contribution in [0, 0.1) is 24.7 Å². The van der Waals surface area contributed by atoms with Crippen molar-refractivity contribution in [2.75, 3.05) is 6.54 Å². The van der Waals surface area contributed by atoms with Crippen molar-refractivity contribution in [1.29, 1.82) is 0 Å². The van der Waals surface area contributed by atoms with E-state index in [2.05, 4.69) is 27.1 Å². The van der Waals surface area contributed by atoms with Crippen molar-refractivity contribution in [2.45, 2.75) is 64.0 Å². The van der Waals surface area contributed by atoms with Gasteiger partial charge in [-0.15, -0.1) is 0 Å². The number of nitrogens with one attached hydrogen (secondary N) is 2. The molecule has 4 saturated carbocycles. The number of hydrogen-bond acceptors (Lipinski definition) is 2. The summed E-state index contributed by atoms with van der Waals surface area (Å²) in [6, 6.07) is 0.0364. The Morgan fingerprint density at radius 2 is 1.91 bits per heavy atom. The lowest BCUT2D eigenvalue weighted by Crippen LogP contribution is -2.61. The van der Waals surface area contributed by atoms with Crippen molar-refractivity contribution in [1.82, 2.24) is 20.2 Å². The van der Waals surface area contributed by atoms with Crippen molar-refractivity contribution < 1.29 is 4.79 Å². The molecule has 4 bridgehead atoms. The summed E-state index contributed by atoms with van der Waals surface area (Å²) in [5, 5.41) is 6.42. The van der Waals surface area contributed by atoms with Crippen LogP contribution in [0.5, 0.6) is 0 Å². The molecule has 1 aromatic rings. The van der Waals surface area contributed by atoms with Crippen LogP contribution in [-0.4, -0.2) is 27.7 Å². The first-order chi connectivity index (χ1) is 11.1. The lowest BCUT2D eigenvalue weighted by atomic mass is 9.53. The van der Waals surface area contributed by atoms with Gasteiger partial charge in [0.15, 0.2) is 0 Å². The zero-order chi connectivity index (χ0) is 15.9. The minimum Gasteiger partial charge on any atom is -0.338 e. The highest BCUT2D eigenvalue weighted by Crippen LogP contribution is 2.55. The van der Waals surface area contributed by atoms with E-state index in [9.17, 15) is 4.79 Å². The number of carbonyl (C=O) groups is 1. The molecule has 0 atom stereocenters. The molecular weight excluding hydrogens is 288 g/mol. The van der Waals surface area contributed by atoms with Crippen LogP contribution >= 0.6 is 0 Å². The number of carbonyl (C=O) groups excluding carboxylic acids is 1. The molecule has 0 radical (unpaired) electrons. The molecule has 5 nitrogen and oxygen atoms in total. The number of rotatable bonds is 5. The van der Waals surface area contributed by atoms with Gasteiger partial charge >= 0.3 is 6.03 Å². The second-order valence-electron chi connectivity index (χ2n) is 8.16. The van der Waals surface area contributed by atoms with Gasteiger partial charge < -0.3 is 15.2 Å². The molecular formula is C18H28N4O. The molecule has 0 aromatic carbocycles. The zero-order valence-electron chi connectivity index (χ0n) is 14.1. The Labute approximate surface area is 138 Å². The molecule has 5 heteroatoms. The number of hydrogen-bond donors (Lipinski definition) is 2. The maximum atomic E-state index is 12.3. The Bertz CT molecular complexity index is 544. The predicted octanol–water partition coefficient (Wildman–Crippen LogP) is 2.85. The summed E-state index contributed by atoms with van der Waals surface area (Å²) in [4.78, 5) is 16.4. The van der Waals surface area contributed by atoms with Crippen LogP contribution in [0.25, 0.3) is 0 Å². The molecule has 0 saturated heterocycles. The fourth-order valence-electron chi connectivity index (χ4n) is 5.62. The molecule has 0 unspecified atom stereocenters. The van der Waals surface area contributed by atoms with Crippen molar-refractivity contribution >= 4 is 6.03 Å². The summed E-state index contributed by atoms with van der Waals surface area (Å²) < 4.78 is 2.12. The first kappa shape index (κ1) is 15.0. The quantitative estimate of drug-likeness (QED) is 0.821. The molecule has 1 heterocycles. The molecule has 2 amide bonds. The normalized spacial score (nSPS) is 34.6. The summed E-state index contributed by atoms with van der Waals surface area (Å²) in [6.07, 6.45) is 12.5. The van der Waals surface area contributed by atoms with Crippen LogP contribution in [0.2, 0.25) is 0 Å². The van der Waals surface area contributed by atoms with Crippen LogP contribution in [0.15, 0.2) is 12.5 Å². The lowest BCUT2D eigenvalue weighted by molar-refractivity contribution is -0.0135. The van der Waals surface area contributed by atoms with E-state index in [1.165, 1.54) is 44.2 Å². The maximum absolute atomic E-state index is 12.3. The SMILES string of the molecule is Cc1cncn1CCCNC(=O)NC12CC3CC(CC(C3)C1)C2. The third-order valence-electron chi connectivity index (χ3n) is 6.20. The Morgan fingerprint density at radius 1 is 1.26 bits per heavy atom. The van der Waals surface area contributed by atoms with Gasteiger partial charge in [0.05, 0.1) is 6.33 Å². The number of amides is 2. The average Bonchev–Trinajstić information content (AvgIpc) is 2.87. The number of aryl methyl sites for hydroxylation is 2. The average molecular weight is 316 g/mol. The summed E-state index contributed by atoms with van der Waals surface area (Å²) in [5.74, 6) is 2.60. The topological polar surface area (TPSA) is 59.0 Å². The van der Waals surface area contributed by atoms with Gasteiger partial charge in [0.2, 0.25) is 0 Å². The van der Waals surface area contributed by atoms with Crippen LogP contribution in [0.1, 0.15) is 50.6 Å². The maximum Gasteiger partial charge on any atom is 0.315 e. The van der Waals surface area contributed by atoms with Crippen molar-refractivity contribution in [3.05, 3.63) is 18.2 Å². The molecule has 1 aromatic heterocycles. The van der Waals surface area contributed by atoms with Gasteiger partial charge in [-0.2, -0.15) is 0 Å². The summed E-state index contributed by atoms with van der Waals surface area (Å²) >= 11 is 0. The Balaban J connectivity index is 1.23. The summed E-state index contributed by atoms with van der Waals surface area (Å²) in [6.45, 7) is 3.68. The molecule has 2 N–H and O–H groups in total. The highest BCUT2D eigenvalue weighted by atomic mass is 16.2. The standard InChI is InChI=1S/C18H28N4O/c1-13-11-19-12-22(13)4-2-3-20-17(23)21-18-8-14-5-15(9-18)7-16(6-14)10-18/h11-12,14-16H,2-10H2,1H3,(H2,20,21,23). The third-order valence-corrected chi connectivity index (χ3v) is 6.20. The van der Waals surface area contributed by atoms with Crippen LogP contribution in [-0.2, 0) is 6.54 Å². The predicted molar refractivity (Wildman–Crippen MR) is 89.0 cm³/mol. The number of aromatic nitrogens is 2. The molecule has 0 aliphatic heterocycles. The molecule has 5 rings (SSSR count). The van der Waals surface area contributed by atoms with Gasteiger partial charge in [-0.25, -0.2) is 9.78 Å². The van der Waals surface area contributed by atoms with Gasteiger partial charge in [0.1, 0.15) is 0 Å². The molecule has 4 aliphatic carbocycles. The van der Waals surface area contributed by atoms with E-state index in [-0.39, 0.29) is 11.6 Å². The fourth-order valence-corrected chi connectivity index (χ4v) is 5.62. The smallest absolute Gasteiger partial charge is 0.315 e. The number of imidazole rings is 1. The summed E-state index contributed by atoms with van der Waals surface area (Å²) in [7, 11) is 0. The monoisotopic (exact) mass is 316 g/mol. The molecule has 4 aliphatic rings. The Kier molecular flexibility index (Phi) is 3.82. The summed E-state index contributed by atoms with van der Waals surface area (Å²) in [5.41, 5.74) is 1.28. The Hall–Kier alpha value is -1.52. The van der Waals surface area contributed by atoms with E-state index in [0.717, 1.165) is 37.3 Å². The molecule has 23 heavy (non-hydrogen) atoms. The van der Waals surface area contributed by atoms with E-state index in [4.69, 9.17) is 0 Å². The van der Waals surface area contributed by atoms with Gasteiger partial charge in [-0.1, -0.05) is 0 Å². The fraction of sp³-hybridized carbons (Fsp3) is 0.778. The van der Waals surface area contributed by atoms with Gasteiger partial charge in [0, 0.05) is 30.5 Å². The number of urea groups is 1. The second-order valence-corrected chi connectivity index (χ2v) is 8.16. The van der Waals surface area contributed by atoms with E-state index in [0.29, 0.717) is 0 Å². The highest BCUT2D eigenvalue weighted by Gasteiger charge is 2.51. The van der Waals surface area contributed by atoms with Crippen molar-refractivity contribution in [3.8, 4) is 0 Å². The highest BCUT2D eigenvalue weighted by molar-refractivity contribution is 5.74. The zero-order valence-corrected chi connectivity index (χ0v) is 14.1. The minimum atomic E-state index is 0.0364. The molecule has 4 fully saturated rings. The largest absolute Gasteiger partial charge is 0.338 e. The second kappa shape index (κ2) is 5.84. The Morgan fingerprint density at radius 3 is 2.48 bits per heavy atom. The third kappa shape index (κ3) is 3.10. The first-order valence-electron chi connectivity index (χ1n) is 9.15. The van der Waals surface area contributed by atoms with E-state index in [1.54, 1.807) is 0 Å². The van der Waals surface area contributed by atoms with Crippen LogP contribution in [0.4, 0.5) is 4.79 Å². The van der Waals surface area contributed by atoms with Gasteiger partial charge in [0.25, 0.3) is 0 Å². The van der Waals surface area contributed by atoms with Gasteiger partial charge in [-0.05, 0) is 69.6 Å². The van der Waals surface area contributed by atoms with Crippen LogP contribution in [0.3, 0.4) is 0 Å². The molecule has 126 valence electrons.